The number of rotatable bonds is 4. The molecule has 0 bridgehead atoms. The topological polar surface area (TPSA) is 55.4 Å². The Hall–Kier alpha value is -2.05. The predicted molar refractivity (Wildman–Crippen MR) is 60.4 cm³/mol. The molecule has 1 N–H and O–H groups in total. The molecule has 0 saturated heterocycles. The Kier molecular flexibility index (Phi) is 4.91. The van der Waals surface area contributed by atoms with Crippen molar-refractivity contribution in [2.75, 3.05) is 13.2 Å². The molecule has 1 amide bonds. The summed E-state index contributed by atoms with van der Waals surface area (Å²) in [5, 5.41) is 2.08. The van der Waals surface area contributed by atoms with E-state index in [0.717, 1.165) is 12.1 Å². The summed E-state index contributed by atoms with van der Waals surface area (Å²) in [7, 11) is 0. The molecular formula is C12H12F3NO3. The van der Waals surface area contributed by atoms with Crippen molar-refractivity contribution in [3.05, 3.63) is 35.4 Å². The fourth-order valence-electron chi connectivity index (χ4n) is 1.39. The zero-order chi connectivity index (χ0) is 14.5. The number of halogens is 3. The van der Waals surface area contributed by atoms with Crippen LogP contribution in [0.3, 0.4) is 0 Å². The SMILES string of the molecule is CCOC(=O)CNC(=O)c1ccccc1C(F)(F)F. The van der Waals surface area contributed by atoms with Crippen molar-refractivity contribution in [1.29, 1.82) is 0 Å². The number of benzene rings is 1. The van der Waals surface area contributed by atoms with Gasteiger partial charge in [-0.1, -0.05) is 12.1 Å². The van der Waals surface area contributed by atoms with Crippen LogP contribution in [0.25, 0.3) is 0 Å². The van der Waals surface area contributed by atoms with Gasteiger partial charge >= 0.3 is 12.1 Å². The zero-order valence-electron chi connectivity index (χ0n) is 10.1. The van der Waals surface area contributed by atoms with E-state index in [2.05, 4.69) is 10.1 Å². The minimum atomic E-state index is -4.63. The standard InChI is InChI=1S/C12H12F3NO3/c1-2-19-10(17)7-16-11(18)8-5-3-4-6-9(8)12(13,14)15/h3-6H,2,7H2,1H3,(H,16,18). The average Bonchev–Trinajstić information content (AvgIpc) is 2.35. The van der Waals surface area contributed by atoms with E-state index in [1.54, 1.807) is 6.92 Å². The first-order valence-corrected chi connectivity index (χ1v) is 5.46. The van der Waals surface area contributed by atoms with E-state index in [1.165, 1.54) is 12.1 Å². The third-order valence-corrected chi connectivity index (χ3v) is 2.18. The van der Waals surface area contributed by atoms with Crippen LogP contribution < -0.4 is 5.32 Å². The summed E-state index contributed by atoms with van der Waals surface area (Å²) in [6.45, 7) is 1.24. The quantitative estimate of drug-likeness (QED) is 0.855. The molecule has 0 saturated carbocycles. The molecule has 0 radical (unpaired) electrons. The Morgan fingerprint density at radius 2 is 1.89 bits per heavy atom. The van der Waals surface area contributed by atoms with Gasteiger partial charge in [0, 0.05) is 0 Å². The highest BCUT2D eigenvalue weighted by molar-refractivity contribution is 5.97. The monoisotopic (exact) mass is 275 g/mol. The Balaban J connectivity index is 2.80. The maximum Gasteiger partial charge on any atom is 0.417 e. The second kappa shape index (κ2) is 6.21. The largest absolute Gasteiger partial charge is 0.465 e. The molecule has 0 spiro atoms. The molecule has 104 valence electrons. The number of hydrogen-bond acceptors (Lipinski definition) is 3. The first kappa shape index (κ1) is 15.0. The van der Waals surface area contributed by atoms with Crippen LogP contribution in [0.15, 0.2) is 24.3 Å². The smallest absolute Gasteiger partial charge is 0.417 e. The van der Waals surface area contributed by atoms with E-state index in [0.29, 0.717) is 0 Å². The highest BCUT2D eigenvalue weighted by atomic mass is 19.4. The Bertz CT molecular complexity index is 472. The van der Waals surface area contributed by atoms with Gasteiger partial charge in [0.2, 0.25) is 0 Å². The minimum absolute atomic E-state index is 0.133. The van der Waals surface area contributed by atoms with Crippen LogP contribution in [0.4, 0.5) is 13.2 Å². The summed E-state index contributed by atoms with van der Waals surface area (Å²) in [6, 6.07) is 4.35. The molecule has 19 heavy (non-hydrogen) atoms. The van der Waals surface area contributed by atoms with Crippen molar-refractivity contribution >= 4 is 11.9 Å². The summed E-state index contributed by atoms with van der Waals surface area (Å²) in [4.78, 5) is 22.6. The van der Waals surface area contributed by atoms with Crippen molar-refractivity contribution in [3.8, 4) is 0 Å². The number of carbonyl (C=O) groups is 2. The van der Waals surface area contributed by atoms with E-state index in [-0.39, 0.29) is 6.61 Å². The van der Waals surface area contributed by atoms with Crippen molar-refractivity contribution in [2.45, 2.75) is 13.1 Å². The molecule has 0 aliphatic rings. The van der Waals surface area contributed by atoms with Crippen LogP contribution in [-0.2, 0) is 15.7 Å². The lowest BCUT2D eigenvalue weighted by atomic mass is 10.1. The van der Waals surface area contributed by atoms with Gasteiger partial charge in [0.1, 0.15) is 6.54 Å². The molecule has 0 heterocycles. The molecule has 1 aromatic rings. The molecule has 0 unspecified atom stereocenters. The first-order chi connectivity index (χ1) is 8.86. The molecule has 0 aromatic heterocycles. The van der Waals surface area contributed by atoms with E-state index in [9.17, 15) is 22.8 Å². The number of alkyl halides is 3. The van der Waals surface area contributed by atoms with Crippen LogP contribution in [0.2, 0.25) is 0 Å². The number of carbonyl (C=O) groups excluding carboxylic acids is 2. The van der Waals surface area contributed by atoms with Crippen LogP contribution in [0.1, 0.15) is 22.8 Å². The lowest BCUT2D eigenvalue weighted by Crippen LogP contribution is -2.32. The fraction of sp³-hybridized carbons (Fsp3) is 0.333. The molecule has 0 fully saturated rings. The minimum Gasteiger partial charge on any atom is -0.465 e. The molecular weight excluding hydrogens is 263 g/mol. The van der Waals surface area contributed by atoms with Crippen LogP contribution in [0, 0.1) is 0 Å². The molecule has 4 nitrogen and oxygen atoms in total. The second-order valence-electron chi connectivity index (χ2n) is 3.53. The molecule has 0 atom stereocenters. The lowest BCUT2D eigenvalue weighted by molar-refractivity contribution is -0.141. The van der Waals surface area contributed by atoms with Crippen molar-refractivity contribution in [3.63, 3.8) is 0 Å². The number of nitrogens with one attached hydrogen (secondary N) is 1. The lowest BCUT2D eigenvalue weighted by Gasteiger charge is -2.12. The molecule has 1 aromatic carbocycles. The zero-order valence-corrected chi connectivity index (χ0v) is 10.1. The van der Waals surface area contributed by atoms with Gasteiger partial charge in [-0.2, -0.15) is 13.2 Å². The summed E-state index contributed by atoms with van der Waals surface area (Å²) in [6.07, 6.45) is -4.63. The van der Waals surface area contributed by atoms with Gasteiger partial charge in [-0.15, -0.1) is 0 Å². The van der Waals surface area contributed by atoms with Gasteiger partial charge in [-0.05, 0) is 19.1 Å². The number of amides is 1. The second-order valence-corrected chi connectivity index (χ2v) is 3.53. The molecule has 0 aliphatic heterocycles. The van der Waals surface area contributed by atoms with E-state index in [1.807, 2.05) is 0 Å². The Labute approximate surface area is 107 Å². The number of ether oxygens (including phenoxy) is 1. The third-order valence-electron chi connectivity index (χ3n) is 2.18. The van der Waals surface area contributed by atoms with Crippen molar-refractivity contribution < 1.29 is 27.5 Å². The summed E-state index contributed by atoms with van der Waals surface area (Å²) in [5.41, 5.74) is -1.57. The van der Waals surface area contributed by atoms with Gasteiger partial charge in [0.25, 0.3) is 5.91 Å². The maximum atomic E-state index is 12.7. The highest BCUT2D eigenvalue weighted by Crippen LogP contribution is 2.31. The number of hydrogen-bond donors (Lipinski definition) is 1. The Morgan fingerprint density at radius 3 is 2.47 bits per heavy atom. The van der Waals surface area contributed by atoms with Crippen molar-refractivity contribution in [2.24, 2.45) is 0 Å². The average molecular weight is 275 g/mol. The third kappa shape index (κ3) is 4.27. The van der Waals surface area contributed by atoms with Crippen LogP contribution in [0.5, 0.6) is 0 Å². The summed E-state index contributed by atoms with van der Waals surface area (Å²) < 4.78 is 42.5. The Morgan fingerprint density at radius 1 is 1.26 bits per heavy atom. The highest BCUT2D eigenvalue weighted by Gasteiger charge is 2.34. The van der Waals surface area contributed by atoms with Crippen LogP contribution in [-0.4, -0.2) is 25.0 Å². The first-order valence-electron chi connectivity index (χ1n) is 5.46. The normalized spacial score (nSPS) is 10.9. The van der Waals surface area contributed by atoms with Gasteiger partial charge in [-0.3, -0.25) is 9.59 Å². The molecule has 7 heteroatoms. The van der Waals surface area contributed by atoms with E-state index < -0.39 is 35.7 Å². The van der Waals surface area contributed by atoms with Gasteiger partial charge in [0.05, 0.1) is 17.7 Å². The van der Waals surface area contributed by atoms with E-state index in [4.69, 9.17) is 0 Å². The van der Waals surface area contributed by atoms with Crippen molar-refractivity contribution in [1.82, 2.24) is 5.32 Å². The summed E-state index contributed by atoms with van der Waals surface area (Å²) in [5.74, 6) is -1.68. The van der Waals surface area contributed by atoms with Gasteiger partial charge in [0.15, 0.2) is 0 Å². The van der Waals surface area contributed by atoms with E-state index >= 15 is 0 Å². The van der Waals surface area contributed by atoms with Gasteiger partial charge in [-0.25, -0.2) is 0 Å². The van der Waals surface area contributed by atoms with Crippen LogP contribution >= 0.6 is 0 Å². The number of esters is 1. The van der Waals surface area contributed by atoms with Gasteiger partial charge < -0.3 is 10.1 Å². The fourth-order valence-corrected chi connectivity index (χ4v) is 1.39. The summed E-state index contributed by atoms with van der Waals surface area (Å²) >= 11 is 0. The molecule has 1 rings (SSSR count). The molecule has 0 aliphatic carbocycles. The predicted octanol–water partition coefficient (Wildman–Crippen LogP) is 2.00. The maximum absolute atomic E-state index is 12.7.